The quantitative estimate of drug-likeness (QED) is 0.152. The van der Waals surface area contributed by atoms with E-state index < -0.39 is 17.6 Å². The number of amides is 1. The van der Waals surface area contributed by atoms with Crippen LogP contribution in [0.3, 0.4) is 0 Å². The highest BCUT2D eigenvalue weighted by Crippen LogP contribution is 2.31. The number of halogens is 4. The zero-order valence-corrected chi connectivity index (χ0v) is 19.9. The highest BCUT2D eigenvalue weighted by molar-refractivity contribution is 7.13. The molecule has 0 aliphatic carbocycles. The Morgan fingerprint density at radius 3 is 2.62 bits per heavy atom. The molecular weight excluding hydrogens is 508 g/mol. The van der Waals surface area contributed by atoms with E-state index >= 15 is 0 Å². The Morgan fingerprint density at radius 1 is 1.05 bits per heavy atom. The van der Waals surface area contributed by atoms with Crippen molar-refractivity contribution in [3.05, 3.63) is 106 Å². The molecule has 0 atom stereocenters. The summed E-state index contributed by atoms with van der Waals surface area (Å²) >= 11 is 1.17. The molecule has 0 aliphatic rings. The Bertz CT molecular complexity index is 1390. The second-order valence-electron chi connectivity index (χ2n) is 7.77. The summed E-state index contributed by atoms with van der Waals surface area (Å²) in [6.07, 6.45) is -3.07. The van der Waals surface area contributed by atoms with Gasteiger partial charge in [0, 0.05) is 16.6 Å². The molecule has 0 aliphatic heterocycles. The van der Waals surface area contributed by atoms with Gasteiger partial charge in [-0.2, -0.15) is 18.3 Å². The molecular formula is C26H20F4N4O2S. The lowest BCUT2D eigenvalue weighted by Gasteiger charge is -2.09. The zero-order chi connectivity index (χ0) is 26.3. The molecule has 1 heterocycles. The van der Waals surface area contributed by atoms with Crippen LogP contribution in [0.4, 0.5) is 28.4 Å². The van der Waals surface area contributed by atoms with Crippen LogP contribution in [0, 0.1) is 5.82 Å². The summed E-state index contributed by atoms with van der Waals surface area (Å²) in [5.74, 6) is -0.209. The van der Waals surface area contributed by atoms with Crippen molar-refractivity contribution in [1.82, 2.24) is 10.4 Å². The van der Waals surface area contributed by atoms with Crippen LogP contribution in [0.15, 0.2) is 83.3 Å². The van der Waals surface area contributed by atoms with Gasteiger partial charge in [-0.25, -0.2) is 14.8 Å². The van der Waals surface area contributed by atoms with Crippen LogP contribution in [0.25, 0.3) is 0 Å². The lowest BCUT2D eigenvalue weighted by atomic mass is 10.2. The molecule has 190 valence electrons. The molecule has 0 unspecified atom stereocenters. The van der Waals surface area contributed by atoms with Gasteiger partial charge in [0.05, 0.1) is 23.9 Å². The van der Waals surface area contributed by atoms with Crippen molar-refractivity contribution in [3.63, 3.8) is 0 Å². The summed E-state index contributed by atoms with van der Waals surface area (Å²) < 4.78 is 57.5. The topological polar surface area (TPSA) is 75.6 Å². The van der Waals surface area contributed by atoms with Gasteiger partial charge in [-0.1, -0.05) is 30.3 Å². The van der Waals surface area contributed by atoms with Crippen LogP contribution < -0.4 is 15.5 Å². The Labute approximate surface area is 213 Å². The molecule has 4 rings (SSSR count). The van der Waals surface area contributed by atoms with Crippen LogP contribution in [-0.4, -0.2) is 17.1 Å². The fraction of sp³-hybridized carbons (Fsp3) is 0.115. The molecule has 37 heavy (non-hydrogen) atoms. The molecule has 0 radical (unpaired) electrons. The van der Waals surface area contributed by atoms with E-state index in [4.69, 9.17) is 4.74 Å². The molecule has 0 spiro atoms. The van der Waals surface area contributed by atoms with Crippen molar-refractivity contribution in [2.45, 2.75) is 19.2 Å². The first-order valence-corrected chi connectivity index (χ1v) is 11.8. The Kier molecular flexibility index (Phi) is 8.14. The van der Waals surface area contributed by atoms with Gasteiger partial charge in [0.25, 0.3) is 0 Å². The fourth-order valence-corrected chi connectivity index (χ4v) is 3.91. The molecule has 1 aromatic heterocycles. The number of benzene rings is 3. The van der Waals surface area contributed by atoms with Crippen molar-refractivity contribution in [1.29, 1.82) is 0 Å². The maximum absolute atomic E-state index is 13.1. The van der Waals surface area contributed by atoms with Crippen molar-refractivity contribution >= 4 is 34.3 Å². The molecule has 4 aromatic rings. The first-order chi connectivity index (χ1) is 17.8. The normalized spacial score (nSPS) is 11.5. The number of aromatic nitrogens is 1. The lowest BCUT2D eigenvalue weighted by molar-refractivity contribution is -0.137. The monoisotopic (exact) mass is 528 g/mol. The van der Waals surface area contributed by atoms with Crippen LogP contribution in [0.5, 0.6) is 5.75 Å². The number of anilines is 2. The van der Waals surface area contributed by atoms with Crippen molar-refractivity contribution in [2.24, 2.45) is 5.10 Å². The minimum absolute atomic E-state index is 0.0686. The molecule has 0 saturated heterocycles. The van der Waals surface area contributed by atoms with Crippen molar-refractivity contribution < 1.29 is 27.1 Å². The minimum atomic E-state index is -4.44. The average Bonchev–Trinajstić information content (AvgIpc) is 3.30. The molecule has 6 nitrogen and oxygen atoms in total. The van der Waals surface area contributed by atoms with E-state index in [1.807, 2.05) is 0 Å². The van der Waals surface area contributed by atoms with Crippen molar-refractivity contribution in [3.8, 4) is 5.75 Å². The van der Waals surface area contributed by atoms with Gasteiger partial charge in [-0.3, -0.25) is 4.79 Å². The van der Waals surface area contributed by atoms with Gasteiger partial charge in [0.2, 0.25) is 5.91 Å². The summed E-state index contributed by atoms with van der Waals surface area (Å²) in [6, 6.07) is 17.9. The average molecular weight is 529 g/mol. The maximum atomic E-state index is 13.1. The number of hydrogen-bond acceptors (Lipinski definition) is 6. The summed E-state index contributed by atoms with van der Waals surface area (Å²) in [5, 5.41) is 8.79. The van der Waals surface area contributed by atoms with Crippen LogP contribution in [0.2, 0.25) is 0 Å². The first kappa shape index (κ1) is 25.8. The van der Waals surface area contributed by atoms with E-state index in [1.54, 1.807) is 41.8 Å². The zero-order valence-electron chi connectivity index (χ0n) is 19.1. The highest BCUT2D eigenvalue weighted by Gasteiger charge is 2.30. The summed E-state index contributed by atoms with van der Waals surface area (Å²) in [7, 11) is 0. The van der Waals surface area contributed by atoms with Crippen LogP contribution in [-0.2, 0) is 24.0 Å². The Balaban J connectivity index is 1.30. The standard InChI is InChI=1S/C26H20F4N4O2S/c27-20-10-8-17(9-11-20)15-36-23-7-2-1-4-18(23)14-31-34-24(35)13-22-16-37-25(33-22)32-21-6-3-5-19(12-21)26(28,29)30/h1-12,14,16H,13,15H2,(H,32,33)(H,34,35)/b31-14-. The molecule has 3 aromatic carbocycles. The van der Waals surface area contributed by atoms with E-state index in [-0.39, 0.29) is 24.5 Å². The number of nitrogens with one attached hydrogen (secondary N) is 2. The Morgan fingerprint density at radius 2 is 1.84 bits per heavy atom. The lowest BCUT2D eigenvalue weighted by Crippen LogP contribution is -2.20. The number of para-hydroxylation sites is 1. The van der Waals surface area contributed by atoms with Gasteiger partial charge < -0.3 is 10.1 Å². The third-order valence-corrected chi connectivity index (χ3v) is 5.76. The van der Waals surface area contributed by atoms with E-state index in [9.17, 15) is 22.4 Å². The number of carbonyl (C=O) groups excluding carboxylic acids is 1. The number of rotatable bonds is 9. The molecule has 0 bridgehead atoms. The number of ether oxygens (including phenoxy) is 1. The third kappa shape index (κ3) is 7.61. The number of hydrazone groups is 1. The largest absolute Gasteiger partial charge is 0.488 e. The fourth-order valence-electron chi connectivity index (χ4n) is 3.18. The van der Waals surface area contributed by atoms with Gasteiger partial charge in [0.15, 0.2) is 5.13 Å². The predicted octanol–water partition coefficient (Wildman–Crippen LogP) is 6.32. The molecule has 0 saturated carbocycles. The second-order valence-corrected chi connectivity index (χ2v) is 8.63. The summed E-state index contributed by atoms with van der Waals surface area (Å²) in [6.45, 7) is 0.234. The number of alkyl halides is 3. The number of thiazole rings is 1. The van der Waals surface area contributed by atoms with Crippen molar-refractivity contribution in [2.75, 3.05) is 5.32 Å². The summed E-state index contributed by atoms with van der Waals surface area (Å²) in [5.41, 5.74) is 3.76. The van der Waals surface area contributed by atoms with E-state index in [1.165, 1.54) is 41.8 Å². The Hall–Kier alpha value is -4.25. The number of hydrogen-bond donors (Lipinski definition) is 2. The van der Waals surface area contributed by atoms with E-state index in [0.29, 0.717) is 22.1 Å². The first-order valence-electron chi connectivity index (χ1n) is 10.9. The van der Waals surface area contributed by atoms with Gasteiger partial charge in [-0.05, 0) is 48.0 Å². The van der Waals surface area contributed by atoms with Gasteiger partial charge in [0.1, 0.15) is 18.2 Å². The van der Waals surface area contributed by atoms with Crippen LogP contribution >= 0.6 is 11.3 Å². The highest BCUT2D eigenvalue weighted by atomic mass is 32.1. The molecule has 11 heteroatoms. The number of carbonyl (C=O) groups is 1. The molecule has 0 fully saturated rings. The predicted molar refractivity (Wildman–Crippen MR) is 133 cm³/mol. The number of nitrogens with zero attached hydrogens (tertiary/aromatic N) is 2. The van der Waals surface area contributed by atoms with Gasteiger partial charge >= 0.3 is 6.18 Å². The maximum Gasteiger partial charge on any atom is 0.416 e. The van der Waals surface area contributed by atoms with Crippen LogP contribution in [0.1, 0.15) is 22.4 Å². The van der Waals surface area contributed by atoms with Gasteiger partial charge in [-0.15, -0.1) is 11.3 Å². The molecule has 1 amide bonds. The van der Waals surface area contributed by atoms with E-state index in [2.05, 4.69) is 20.8 Å². The third-order valence-electron chi connectivity index (χ3n) is 4.95. The molecule has 2 N–H and O–H groups in total. The van der Waals surface area contributed by atoms with E-state index in [0.717, 1.165) is 17.7 Å². The SMILES string of the molecule is O=C(Cc1csc(Nc2cccc(C(F)(F)F)c2)n1)N/N=C\c1ccccc1OCc1ccc(F)cc1. The smallest absolute Gasteiger partial charge is 0.416 e. The second kappa shape index (κ2) is 11.7. The minimum Gasteiger partial charge on any atom is -0.488 e. The summed E-state index contributed by atoms with van der Waals surface area (Å²) in [4.78, 5) is 16.5.